The molecule has 2 aromatic heterocycles. The minimum atomic E-state index is -3.80. The summed E-state index contributed by atoms with van der Waals surface area (Å²) in [6.45, 7) is 9.88. The van der Waals surface area contributed by atoms with Crippen LogP contribution in [-0.2, 0) is 31.0 Å². The summed E-state index contributed by atoms with van der Waals surface area (Å²) >= 11 is 1.45. The Bertz CT molecular complexity index is 2680. The summed E-state index contributed by atoms with van der Waals surface area (Å²) in [5, 5.41) is 25.8. The van der Waals surface area contributed by atoms with E-state index in [1.54, 1.807) is 49.6 Å². The number of methoxy groups -OCH3 is 1. The fraction of sp³-hybridized carbons (Fsp3) is 0.500. The molecule has 5 heterocycles. The SMILES string of the molecule is COc1ccc2c(O[C@@H]3C[C@H]4C(=O)N[C@]5(C(=O)O)CC5C=CCCCCC[C@H](NC(=O)NC(CN5Cc6ccccc6S5(=O)=O)C(C)(C)C)C(=O)N4C3)cc(-c3csc(NC(C)C)n3)nc2c1. The number of ether oxygens (including phenoxy) is 2. The zero-order valence-corrected chi connectivity index (χ0v) is 40.3. The lowest BCUT2D eigenvalue weighted by atomic mass is 9.86. The molecule has 2 unspecified atom stereocenters. The molecule has 3 aliphatic heterocycles. The van der Waals surface area contributed by atoms with Gasteiger partial charge in [0, 0.05) is 60.4 Å². The van der Waals surface area contributed by atoms with Crippen molar-refractivity contribution >= 4 is 61.2 Å². The summed E-state index contributed by atoms with van der Waals surface area (Å²) in [5.41, 5.74) is 0.302. The van der Waals surface area contributed by atoms with Gasteiger partial charge < -0.3 is 40.7 Å². The number of carbonyl (C=O) groups excluding carboxylic acids is 3. The Morgan fingerprint density at radius 2 is 1.85 bits per heavy atom. The number of anilines is 1. The van der Waals surface area contributed by atoms with E-state index in [1.807, 2.05) is 58.2 Å². The third-order valence-corrected chi connectivity index (χ3v) is 15.7. The smallest absolute Gasteiger partial charge is 0.330 e. The molecule has 4 amide bonds. The molecule has 8 rings (SSSR count). The van der Waals surface area contributed by atoms with Crippen LogP contribution in [0.5, 0.6) is 11.5 Å². The number of hydrogen-bond donors (Lipinski definition) is 5. The predicted molar refractivity (Wildman–Crippen MR) is 254 cm³/mol. The zero-order chi connectivity index (χ0) is 47.8. The molecule has 1 saturated carbocycles. The number of allylic oxidation sites excluding steroid dienone is 1. The van der Waals surface area contributed by atoms with Crippen molar-refractivity contribution in [3.8, 4) is 22.9 Å². The highest BCUT2D eigenvalue weighted by Crippen LogP contribution is 2.46. The highest BCUT2D eigenvalue weighted by molar-refractivity contribution is 7.89. The molecule has 19 heteroatoms. The van der Waals surface area contributed by atoms with E-state index in [9.17, 15) is 27.9 Å². The third-order valence-electron chi connectivity index (χ3n) is 13.1. The summed E-state index contributed by atoms with van der Waals surface area (Å²) in [4.78, 5) is 67.7. The normalized spacial score (nSPS) is 24.7. The molecular formula is C48H60N8O9S2. The van der Waals surface area contributed by atoms with Crippen LogP contribution in [-0.4, -0.2) is 113 Å². The maximum atomic E-state index is 15.0. The Morgan fingerprint density at radius 3 is 2.58 bits per heavy atom. The van der Waals surface area contributed by atoms with Gasteiger partial charge in [0.05, 0.1) is 29.8 Å². The molecule has 4 aromatic rings. The quantitative estimate of drug-likeness (QED) is 0.105. The average molecular weight is 957 g/mol. The molecule has 2 fully saturated rings. The molecule has 1 saturated heterocycles. The summed E-state index contributed by atoms with van der Waals surface area (Å²) in [5.74, 6) is -1.69. The number of carboxylic acids is 1. The Kier molecular flexibility index (Phi) is 13.6. The van der Waals surface area contributed by atoms with Crippen LogP contribution < -0.4 is 30.7 Å². The number of aromatic nitrogens is 2. The molecular weight excluding hydrogens is 897 g/mol. The number of thiazole rings is 1. The first-order chi connectivity index (χ1) is 31.9. The van der Waals surface area contributed by atoms with Crippen molar-refractivity contribution < 1.29 is 42.2 Å². The van der Waals surface area contributed by atoms with Gasteiger partial charge in [-0.2, -0.15) is 4.31 Å². The number of sulfonamides is 1. The van der Waals surface area contributed by atoms with Crippen molar-refractivity contribution in [2.75, 3.05) is 25.5 Å². The molecule has 1 aliphatic carbocycles. The van der Waals surface area contributed by atoms with Gasteiger partial charge in [-0.25, -0.2) is 28.0 Å². The maximum absolute atomic E-state index is 15.0. The second-order valence-electron chi connectivity index (χ2n) is 19.3. The van der Waals surface area contributed by atoms with E-state index in [2.05, 4.69) is 21.3 Å². The number of pyridine rings is 1. The third kappa shape index (κ3) is 10.2. The van der Waals surface area contributed by atoms with Gasteiger partial charge >= 0.3 is 12.0 Å². The van der Waals surface area contributed by atoms with Crippen LogP contribution >= 0.6 is 11.3 Å². The van der Waals surface area contributed by atoms with Gasteiger partial charge in [0.2, 0.25) is 21.8 Å². The van der Waals surface area contributed by atoms with Crippen LogP contribution in [0.4, 0.5) is 9.93 Å². The largest absolute Gasteiger partial charge is 0.497 e. The van der Waals surface area contributed by atoms with Crippen LogP contribution in [0.15, 0.2) is 71.0 Å². The Hall–Kier alpha value is -5.79. The highest BCUT2D eigenvalue weighted by Gasteiger charge is 2.61. The number of nitrogens with zero attached hydrogens (tertiary/aromatic N) is 4. The number of carbonyl (C=O) groups is 4. The van der Waals surface area contributed by atoms with E-state index in [-0.39, 0.29) is 49.8 Å². The van der Waals surface area contributed by atoms with Crippen LogP contribution in [0.25, 0.3) is 22.3 Å². The first-order valence-electron chi connectivity index (χ1n) is 22.9. The van der Waals surface area contributed by atoms with Gasteiger partial charge in [-0.05, 0) is 68.7 Å². The van der Waals surface area contributed by atoms with Crippen LogP contribution in [0.2, 0.25) is 0 Å². The first kappa shape index (κ1) is 47.7. The highest BCUT2D eigenvalue weighted by atomic mass is 32.2. The zero-order valence-electron chi connectivity index (χ0n) is 38.7. The minimum Gasteiger partial charge on any atom is -0.497 e. The van der Waals surface area contributed by atoms with Gasteiger partial charge in [0.25, 0.3) is 0 Å². The lowest BCUT2D eigenvalue weighted by Crippen LogP contribution is -2.59. The lowest BCUT2D eigenvalue weighted by molar-refractivity contribution is -0.145. The fourth-order valence-corrected chi connectivity index (χ4v) is 11.6. The molecule has 2 aromatic carbocycles. The van der Waals surface area contributed by atoms with Crippen molar-refractivity contribution in [1.29, 1.82) is 0 Å². The van der Waals surface area contributed by atoms with Crippen molar-refractivity contribution in [3.05, 3.63) is 71.6 Å². The molecule has 0 spiro atoms. The van der Waals surface area contributed by atoms with Gasteiger partial charge in [-0.1, -0.05) is 64.0 Å². The van der Waals surface area contributed by atoms with Gasteiger partial charge in [-0.3, -0.25) is 9.59 Å². The molecule has 0 bridgehead atoms. The first-order valence-corrected chi connectivity index (χ1v) is 25.2. The molecule has 358 valence electrons. The lowest BCUT2D eigenvalue weighted by Gasteiger charge is -2.35. The Balaban J connectivity index is 1.08. The predicted octanol–water partition coefficient (Wildman–Crippen LogP) is 6.30. The molecule has 17 nitrogen and oxygen atoms in total. The van der Waals surface area contributed by atoms with Gasteiger partial charge in [0.1, 0.15) is 40.9 Å². The number of nitrogens with one attached hydrogen (secondary N) is 4. The van der Waals surface area contributed by atoms with Crippen LogP contribution in [0.1, 0.15) is 85.1 Å². The average Bonchev–Trinajstić information content (AvgIpc) is 3.51. The number of benzene rings is 2. The number of amides is 4. The number of hydrogen-bond acceptors (Lipinski definition) is 12. The van der Waals surface area contributed by atoms with Crippen molar-refractivity contribution in [2.24, 2.45) is 11.3 Å². The van der Waals surface area contributed by atoms with Crippen molar-refractivity contribution in [2.45, 2.75) is 127 Å². The molecule has 0 radical (unpaired) electrons. The monoisotopic (exact) mass is 956 g/mol. The van der Waals surface area contributed by atoms with E-state index in [0.29, 0.717) is 52.2 Å². The number of urea groups is 1. The fourth-order valence-electron chi connectivity index (χ4n) is 9.12. The van der Waals surface area contributed by atoms with Gasteiger partial charge in [-0.15, -0.1) is 11.3 Å². The van der Waals surface area contributed by atoms with Gasteiger partial charge in [0.15, 0.2) is 5.13 Å². The van der Waals surface area contributed by atoms with Crippen molar-refractivity contribution in [1.82, 2.24) is 35.1 Å². The number of rotatable bonds is 11. The second-order valence-corrected chi connectivity index (χ2v) is 22.1. The van der Waals surface area contributed by atoms with Crippen LogP contribution in [0, 0.1) is 11.3 Å². The standard InChI is InChI=1S/C48H60N8O9S2/c1-28(2)49-46-52-37(27-66-46)36-22-39(33-19-18-31(64-6)20-35(33)50-36)65-32-21-38-42(57)54-48(44(59)60)23-30(48)15-10-8-7-9-11-16-34(43(58)56(38)25-32)51-45(61)53-41(47(3,4)5)26-55-24-29-14-12-13-17-40(29)67(55,62)63/h10,12-15,17-20,22,27-28,30,32,34,38,41H,7-9,11,16,21,23-26H2,1-6H3,(H,49,52)(H,54,57)(H,59,60)(H2,51,53,61)/t30?,32-,34+,38+,41?,48-/m1/s1. The topological polar surface area (TPSA) is 221 Å². The molecule has 67 heavy (non-hydrogen) atoms. The summed E-state index contributed by atoms with van der Waals surface area (Å²) in [6, 6.07) is 10.7. The Labute approximate surface area is 395 Å². The van der Waals surface area contributed by atoms with Crippen LogP contribution in [0.3, 0.4) is 0 Å². The van der Waals surface area contributed by atoms with E-state index in [1.165, 1.54) is 20.5 Å². The van der Waals surface area contributed by atoms with E-state index in [4.69, 9.17) is 19.4 Å². The summed E-state index contributed by atoms with van der Waals surface area (Å²) in [7, 11) is -2.23. The Morgan fingerprint density at radius 1 is 1.06 bits per heavy atom. The van der Waals surface area contributed by atoms with E-state index in [0.717, 1.165) is 18.0 Å². The maximum Gasteiger partial charge on any atom is 0.330 e. The number of fused-ring (bicyclic) bond motifs is 4. The number of carboxylic acid groups (broad SMARTS) is 1. The molecule has 5 N–H and O–H groups in total. The van der Waals surface area contributed by atoms with E-state index >= 15 is 4.79 Å². The molecule has 6 atom stereocenters. The summed E-state index contributed by atoms with van der Waals surface area (Å²) in [6.07, 6.45) is 6.33. The van der Waals surface area contributed by atoms with Crippen molar-refractivity contribution in [3.63, 3.8) is 0 Å². The second kappa shape index (κ2) is 19.1. The number of aliphatic carboxylic acids is 1. The molecule has 4 aliphatic rings. The summed E-state index contributed by atoms with van der Waals surface area (Å²) < 4.78 is 40.8. The van der Waals surface area contributed by atoms with E-state index < -0.39 is 74.9 Å². The minimum absolute atomic E-state index is 0.00354.